The van der Waals surface area contributed by atoms with Gasteiger partial charge in [-0.15, -0.1) is 0 Å². The molecule has 0 aliphatic carbocycles. The van der Waals surface area contributed by atoms with Crippen LogP contribution in [0.5, 0.6) is 0 Å². The minimum Gasteiger partial charge on any atom is -0.444 e. The van der Waals surface area contributed by atoms with Gasteiger partial charge in [-0.2, -0.15) is 0 Å². The summed E-state index contributed by atoms with van der Waals surface area (Å²) < 4.78 is 7.72. The topological polar surface area (TPSA) is 157 Å². The molecular weight excluding hydrogens is 592 g/mol. The molecule has 0 unspecified atom stereocenters. The minimum atomic E-state index is -0.665. The number of anilines is 3. The average molecular weight is 624 g/mol. The molecule has 2 atom stereocenters. The number of nitrogens with two attached hydrogens (primary N) is 1. The smallest absolute Gasteiger partial charge is 0.412 e. The summed E-state index contributed by atoms with van der Waals surface area (Å²) in [4.78, 5) is 54.0. The third kappa shape index (κ3) is 5.94. The number of benzene rings is 1. The third-order valence-electron chi connectivity index (χ3n) is 6.83. The fraction of sp³-hybridized carbons (Fsp3) is 0.357. The van der Waals surface area contributed by atoms with Gasteiger partial charge in [-0.3, -0.25) is 14.9 Å². The van der Waals surface area contributed by atoms with E-state index in [1.165, 1.54) is 6.33 Å². The van der Waals surface area contributed by atoms with Crippen LogP contribution in [0.15, 0.2) is 47.3 Å². The highest BCUT2D eigenvalue weighted by atomic mass is 79.9. The lowest BCUT2D eigenvalue weighted by Gasteiger charge is -2.28. The number of aromatic nitrogens is 4. The lowest BCUT2D eigenvalue weighted by molar-refractivity contribution is -0.138. The minimum absolute atomic E-state index is 0.102. The van der Waals surface area contributed by atoms with Crippen LogP contribution in [0.2, 0.25) is 0 Å². The van der Waals surface area contributed by atoms with E-state index in [9.17, 15) is 14.4 Å². The molecule has 12 nitrogen and oxygen atoms in total. The Hall–Kier alpha value is -4.26. The molecular formula is C28H31BrN8O4. The summed E-state index contributed by atoms with van der Waals surface area (Å²) in [5, 5.41) is 6.90. The standard InChI is InChI=1S/C28H31BrN8O4/c1-15-8-11-18(26(39)35-21-7-5-6-20(29)34-21)37(15)22(38)13-36-19-12-16(33-27(40)41-28(2,3)4)9-10-17(19)23-24(30)31-14-32-25(23)36/h5-7,9-10,12,14-15,18H,8,11,13H2,1-4H3,(H,33,40)(H2,30,31,32)(H,34,35,39)/t15-,18+/m1/s1. The molecule has 1 aliphatic heterocycles. The maximum Gasteiger partial charge on any atom is 0.412 e. The van der Waals surface area contributed by atoms with Crippen molar-refractivity contribution in [2.45, 2.75) is 64.8 Å². The second kappa shape index (κ2) is 11.0. The second-order valence-electron chi connectivity index (χ2n) is 11.0. The predicted molar refractivity (Wildman–Crippen MR) is 159 cm³/mol. The largest absolute Gasteiger partial charge is 0.444 e. The van der Waals surface area contributed by atoms with E-state index in [1.807, 2.05) is 6.92 Å². The summed E-state index contributed by atoms with van der Waals surface area (Å²) in [6, 6.07) is 9.69. The molecule has 4 N–H and O–H groups in total. The Bertz CT molecular complexity index is 1660. The van der Waals surface area contributed by atoms with Gasteiger partial charge in [0.1, 0.15) is 46.4 Å². The van der Waals surface area contributed by atoms with E-state index in [2.05, 4.69) is 41.5 Å². The van der Waals surface area contributed by atoms with Gasteiger partial charge in [0.25, 0.3) is 0 Å². The number of amides is 3. The van der Waals surface area contributed by atoms with Crippen LogP contribution in [0, 0.1) is 0 Å². The molecule has 0 bridgehead atoms. The number of pyridine rings is 1. The van der Waals surface area contributed by atoms with Crippen LogP contribution in [0.4, 0.5) is 22.1 Å². The zero-order valence-corrected chi connectivity index (χ0v) is 24.7. The zero-order valence-electron chi connectivity index (χ0n) is 23.1. The molecule has 1 saturated heterocycles. The molecule has 4 aromatic rings. The van der Waals surface area contributed by atoms with Gasteiger partial charge in [0.2, 0.25) is 11.8 Å². The third-order valence-corrected chi connectivity index (χ3v) is 7.28. The summed E-state index contributed by atoms with van der Waals surface area (Å²) in [7, 11) is 0. The summed E-state index contributed by atoms with van der Waals surface area (Å²) in [6.45, 7) is 7.17. The van der Waals surface area contributed by atoms with Gasteiger partial charge >= 0.3 is 6.09 Å². The highest BCUT2D eigenvalue weighted by Gasteiger charge is 2.39. The number of nitrogens with zero attached hydrogens (tertiary/aromatic N) is 5. The van der Waals surface area contributed by atoms with Crippen LogP contribution < -0.4 is 16.4 Å². The Balaban J connectivity index is 1.47. The number of hydrogen-bond donors (Lipinski definition) is 3. The molecule has 0 radical (unpaired) electrons. The van der Waals surface area contributed by atoms with E-state index >= 15 is 0 Å². The summed E-state index contributed by atoms with van der Waals surface area (Å²) in [5.74, 6) is 0.119. The molecule has 4 heterocycles. The van der Waals surface area contributed by atoms with Crippen LogP contribution in [-0.2, 0) is 20.9 Å². The highest BCUT2D eigenvalue weighted by Crippen LogP contribution is 2.33. The van der Waals surface area contributed by atoms with Crippen LogP contribution in [-0.4, -0.2) is 60.0 Å². The van der Waals surface area contributed by atoms with Crippen molar-refractivity contribution in [3.05, 3.63) is 47.3 Å². The summed E-state index contributed by atoms with van der Waals surface area (Å²) in [5.41, 5.74) is 7.14. The molecule has 5 rings (SSSR count). The van der Waals surface area contributed by atoms with Crippen LogP contribution >= 0.6 is 15.9 Å². The number of likely N-dealkylation sites (tertiary alicyclic amines) is 1. The Morgan fingerprint density at radius 3 is 2.63 bits per heavy atom. The Morgan fingerprint density at radius 2 is 1.90 bits per heavy atom. The second-order valence-corrected chi connectivity index (χ2v) is 11.8. The molecule has 0 spiro atoms. The molecule has 1 fully saturated rings. The number of nitrogens with one attached hydrogen (secondary N) is 2. The quantitative estimate of drug-likeness (QED) is 0.270. The number of carbonyl (C=O) groups is 3. The van der Waals surface area contributed by atoms with E-state index in [0.29, 0.717) is 45.5 Å². The van der Waals surface area contributed by atoms with Crippen LogP contribution in [0.3, 0.4) is 0 Å². The molecule has 13 heteroatoms. The van der Waals surface area contributed by atoms with Crippen molar-refractivity contribution in [3.8, 4) is 0 Å². The molecule has 0 saturated carbocycles. The van der Waals surface area contributed by atoms with Gasteiger partial charge in [-0.05, 0) is 86.8 Å². The molecule has 41 heavy (non-hydrogen) atoms. The number of halogens is 1. The van der Waals surface area contributed by atoms with Crippen molar-refractivity contribution >= 4 is 73.1 Å². The van der Waals surface area contributed by atoms with Gasteiger partial charge in [-0.1, -0.05) is 6.07 Å². The first kappa shape index (κ1) is 28.3. The molecule has 3 aromatic heterocycles. The molecule has 1 aromatic carbocycles. The molecule has 1 aliphatic rings. The molecule has 214 valence electrons. The molecule has 3 amide bonds. The number of ether oxygens (including phenoxy) is 1. The number of fused-ring (bicyclic) bond motifs is 3. The first-order valence-corrected chi connectivity index (χ1v) is 14.0. The van der Waals surface area contributed by atoms with Crippen molar-refractivity contribution in [2.75, 3.05) is 16.4 Å². The fourth-order valence-corrected chi connectivity index (χ4v) is 5.50. The summed E-state index contributed by atoms with van der Waals surface area (Å²) in [6.07, 6.45) is 1.95. The first-order valence-electron chi connectivity index (χ1n) is 13.2. The lowest BCUT2D eigenvalue weighted by atomic mass is 10.2. The Labute approximate surface area is 244 Å². The van der Waals surface area contributed by atoms with E-state index in [-0.39, 0.29) is 30.2 Å². The lowest BCUT2D eigenvalue weighted by Crippen LogP contribution is -2.47. The SMILES string of the molecule is C[C@@H]1CC[C@@H](C(=O)Nc2cccc(Br)n2)N1C(=O)Cn1c2cc(NC(=O)OC(C)(C)C)ccc2c2c(N)ncnc21. The average Bonchev–Trinajstić information content (AvgIpc) is 3.41. The van der Waals surface area contributed by atoms with Gasteiger partial charge in [-0.25, -0.2) is 19.7 Å². The van der Waals surface area contributed by atoms with Gasteiger partial charge in [0.15, 0.2) is 0 Å². The number of nitrogen functional groups attached to an aromatic ring is 1. The van der Waals surface area contributed by atoms with Crippen molar-refractivity contribution in [3.63, 3.8) is 0 Å². The van der Waals surface area contributed by atoms with Gasteiger partial charge in [0, 0.05) is 17.1 Å². The highest BCUT2D eigenvalue weighted by molar-refractivity contribution is 9.10. The van der Waals surface area contributed by atoms with Crippen molar-refractivity contribution < 1.29 is 19.1 Å². The maximum atomic E-state index is 13.9. The van der Waals surface area contributed by atoms with Crippen molar-refractivity contribution in [1.29, 1.82) is 0 Å². The number of carbonyl (C=O) groups excluding carboxylic acids is 3. The summed E-state index contributed by atoms with van der Waals surface area (Å²) >= 11 is 3.31. The van der Waals surface area contributed by atoms with Gasteiger partial charge < -0.3 is 25.3 Å². The Kier molecular flexibility index (Phi) is 7.56. The first-order chi connectivity index (χ1) is 19.4. The number of rotatable bonds is 5. The monoisotopic (exact) mass is 622 g/mol. The van der Waals surface area contributed by atoms with Gasteiger partial charge in [0.05, 0.1) is 10.9 Å². The van der Waals surface area contributed by atoms with Crippen LogP contribution in [0.25, 0.3) is 21.9 Å². The van der Waals surface area contributed by atoms with E-state index in [1.54, 1.807) is 66.6 Å². The fourth-order valence-electron chi connectivity index (χ4n) is 5.16. The number of hydrogen-bond acceptors (Lipinski definition) is 8. The van der Waals surface area contributed by atoms with E-state index in [0.717, 1.165) is 5.39 Å². The Morgan fingerprint density at radius 1 is 1.12 bits per heavy atom. The normalized spacial score (nSPS) is 17.1. The maximum absolute atomic E-state index is 13.9. The van der Waals surface area contributed by atoms with Crippen LogP contribution in [0.1, 0.15) is 40.5 Å². The van der Waals surface area contributed by atoms with Crippen molar-refractivity contribution in [2.24, 2.45) is 0 Å². The van der Waals surface area contributed by atoms with E-state index < -0.39 is 17.7 Å². The predicted octanol–water partition coefficient (Wildman–Crippen LogP) is 4.69. The van der Waals surface area contributed by atoms with E-state index in [4.69, 9.17) is 10.5 Å². The zero-order chi connectivity index (χ0) is 29.5. The van der Waals surface area contributed by atoms with Crippen molar-refractivity contribution in [1.82, 2.24) is 24.4 Å².